The lowest BCUT2D eigenvalue weighted by Gasteiger charge is -2.11. The minimum atomic E-state index is -0.165. The van der Waals surface area contributed by atoms with Crippen molar-refractivity contribution in [2.24, 2.45) is 4.99 Å². The van der Waals surface area contributed by atoms with E-state index >= 15 is 0 Å². The summed E-state index contributed by atoms with van der Waals surface area (Å²) in [5.74, 6) is 0.987. The van der Waals surface area contributed by atoms with Gasteiger partial charge in [-0.3, -0.25) is 4.79 Å². The Morgan fingerprint density at radius 1 is 1.27 bits per heavy atom. The fourth-order valence-corrected chi connectivity index (χ4v) is 3.47. The van der Waals surface area contributed by atoms with Crippen molar-refractivity contribution in [2.45, 2.75) is 13.5 Å². The number of para-hydroxylation sites is 1. The number of hydrogen-bond acceptors (Lipinski definition) is 9. The van der Waals surface area contributed by atoms with Gasteiger partial charge in [0.05, 0.1) is 24.6 Å². The van der Waals surface area contributed by atoms with Crippen LogP contribution in [0.2, 0.25) is 0 Å². The predicted octanol–water partition coefficient (Wildman–Crippen LogP) is 2.76. The molecular formula is C20H18N6O3S. The molecule has 0 saturated carbocycles. The Morgan fingerprint density at radius 2 is 2.10 bits per heavy atom. The maximum absolute atomic E-state index is 12.7. The van der Waals surface area contributed by atoms with Crippen LogP contribution in [0.1, 0.15) is 16.4 Å². The molecule has 0 unspecified atom stereocenters. The highest BCUT2D eigenvalue weighted by atomic mass is 32.1. The largest absolute Gasteiger partial charge is 0.504 e. The molecular weight excluding hydrogens is 404 g/mol. The molecule has 9 nitrogen and oxygen atoms in total. The third-order valence-corrected chi connectivity index (χ3v) is 5.15. The van der Waals surface area contributed by atoms with Crippen LogP contribution in [0.15, 0.2) is 52.3 Å². The normalized spacial score (nSPS) is 11.3. The summed E-state index contributed by atoms with van der Waals surface area (Å²) in [6.07, 6.45) is 1.61. The SMILES string of the molecule is COc1cc(/C=N/c2nnc(CNn3c(C)nc4ccccc4c3=O)s2)ccc1O. The minimum Gasteiger partial charge on any atom is -0.504 e. The average molecular weight is 422 g/mol. The molecule has 0 amide bonds. The highest BCUT2D eigenvalue weighted by Gasteiger charge is 2.09. The number of aryl methyl sites for hydroxylation is 1. The maximum atomic E-state index is 12.7. The summed E-state index contributed by atoms with van der Waals surface area (Å²) in [6.45, 7) is 2.07. The molecule has 0 aliphatic carbocycles. The second-order valence-corrected chi connectivity index (χ2v) is 7.36. The van der Waals surface area contributed by atoms with E-state index in [1.807, 2.05) is 18.2 Å². The third-order valence-electron chi connectivity index (χ3n) is 4.32. The summed E-state index contributed by atoms with van der Waals surface area (Å²) in [6, 6.07) is 12.1. The summed E-state index contributed by atoms with van der Waals surface area (Å²) < 4.78 is 6.50. The van der Waals surface area contributed by atoms with Gasteiger partial charge in [0.25, 0.3) is 5.56 Å². The van der Waals surface area contributed by atoms with Crippen LogP contribution in [0.4, 0.5) is 5.13 Å². The number of nitrogens with one attached hydrogen (secondary N) is 1. The summed E-state index contributed by atoms with van der Waals surface area (Å²) in [5, 5.41) is 19.5. The molecule has 4 aromatic rings. The fraction of sp³-hybridized carbons (Fsp3) is 0.150. The maximum Gasteiger partial charge on any atom is 0.279 e. The number of nitrogens with zero attached hydrogens (tertiary/aromatic N) is 5. The number of hydrogen-bond donors (Lipinski definition) is 2. The van der Waals surface area contributed by atoms with Crippen molar-refractivity contribution in [3.63, 3.8) is 0 Å². The molecule has 0 aliphatic rings. The fourth-order valence-electron chi connectivity index (χ4n) is 2.85. The van der Waals surface area contributed by atoms with Crippen LogP contribution in [-0.2, 0) is 6.54 Å². The van der Waals surface area contributed by atoms with E-state index in [-0.39, 0.29) is 11.3 Å². The van der Waals surface area contributed by atoms with E-state index in [2.05, 4.69) is 25.6 Å². The smallest absolute Gasteiger partial charge is 0.279 e. The first-order valence-corrected chi connectivity index (χ1v) is 9.82. The van der Waals surface area contributed by atoms with Crippen molar-refractivity contribution in [1.82, 2.24) is 19.9 Å². The number of aromatic nitrogens is 4. The molecule has 0 atom stereocenters. The standard InChI is InChI=1S/C20H18N6O3S/c1-12-23-15-6-4-3-5-14(15)19(28)26(12)22-11-18-24-25-20(30-18)21-10-13-7-8-16(27)17(9-13)29-2/h3-10,22,27H,11H2,1-2H3/b21-10+. The molecule has 2 heterocycles. The second-order valence-electron chi connectivity index (χ2n) is 6.32. The summed E-state index contributed by atoms with van der Waals surface area (Å²) >= 11 is 1.30. The van der Waals surface area contributed by atoms with Crippen molar-refractivity contribution in [1.29, 1.82) is 0 Å². The van der Waals surface area contributed by atoms with Gasteiger partial charge in [-0.2, -0.15) is 0 Å². The molecule has 0 fully saturated rings. The Kier molecular flexibility index (Phi) is 5.40. The first kappa shape index (κ1) is 19.5. The van der Waals surface area contributed by atoms with E-state index in [0.717, 1.165) is 5.56 Å². The number of rotatable bonds is 6. The van der Waals surface area contributed by atoms with Crippen LogP contribution in [-0.4, -0.2) is 38.3 Å². The Morgan fingerprint density at radius 3 is 2.93 bits per heavy atom. The first-order chi connectivity index (χ1) is 14.5. The highest BCUT2D eigenvalue weighted by molar-refractivity contribution is 7.14. The predicted molar refractivity (Wildman–Crippen MR) is 116 cm³/mol. The molecule has 152 valence electrons. The zero-order valence-electron chi connectivity index (χ0n) is 16.2. The molecule has 0 bridgehead atoms. The van der Waals surface area contributed by atoms with Crippen molar-refractivity contribution in [3.8, 4) is 11.5 Å². The lowest BCUT2D eigenvalue weighted by Crippen LogP contribution is -2.31. The number of benzene rings is 2. The molecule has 2 aromatic heterocycles. The van der Waals surface area contributed by atoms with E-state index in [4.69, 9.17) is 4.74 Å². The molecule has 0 radical (unpaired) electrons. The van der Waals surface area contributed by atoms with E-state index in [0.29, 0.717) is 39.2 Å². The molecule has 2 aromatic carbocycles. The monoisotopic (exact) mass is 422 g/mol. The number of methoxy groups -OCH3 is 1. The van der Waals surface area contributed by atoms with Gasteiger partial charge in [-0.15, -0.1) is 10.2 Å². The van der Waals surface area contributed by atoms with Crippen molar-refractivity contribution in [3.05, 3.63) is 69.2 Å². The summed E-state index contributed by atoms with van der Waals surface area (Å²) in [4.78, 5) is 21.4. The van der Waals surface area contributed by atoms with Crippen molar-refractivity contribution in [2.75, 3.05) is 12.5 Å². The number of phenols is 1. The number of aliphatic imine (C=N–C) groups is 1. The van der Waals surface area contributed by atoms with Crippen LogP contribution in [0.3, 0.4) is 0 Å². The van der Waals surface area contributed by atoms with E-state index in [1.54, 1.807) is 31.3 Å². The number of fused-ring (bicyclic) bond motifs is 1. The lowest BCUT2D eigenvalue weighted by molar-refractivity contribution is 0.373. The second kappa shape index (κ2) is 8.29. The lowest BCUT2D eigenvalue weighted by atomic mass is 10.2. The van der Waals surface area contributed by atoms with Crippen LogP contribution in [0.5, 0.6) is 11.5 Å². The van der Waals surface area contributed by atoms with Crippen molar-refractivity contribution < 1.29 is 9.84 Å². The third kappa shape index (κ3) is 3.98. The Balaban J connectivity index is 1.48. The summed E-state index contributed by atoms with van der Waals surface area (Å²) in [7, 11) is 1.48. The zero-order chi connectivity index (χ0) is 21.1. The van der Waals surface area contributed by atoms with Gasteiger partial charge in [-0.25, -0.2) is 14.7 Å². The van der Waals surface area contributed by atoms with Gasteiger partial charge < -0.3 is 15.3 Å². The topological polar surface area (TPSA) is 115 Å². The Labute approximate surface area is 175 Å². The van der Waals surface area contributed by atoms with Crippen molar-refractivity contribution >= 4 is 33.6 Å². The van der Waals surface area contributed by atoms with Gasteiger partial charge >= 0.3 is 0 Å². The van der Waals surface area contributed by atoms with Gasteiger partial charge in [-0.05, 0) is 42.8 Å². The molecule has 4 rings (SSSR count). The first-order valence-electron chi connectivity index (χ1n) is 9.01. The van der Waals surface area contributed by atoms with Crippen LogP contribution < -0.4 is 15.7 Å². The average Bonchev–Trinajstić information content (AvgIpc) is 3.21. The minimum absolute atomic E-state index is 0.0626. The van der Waals surface area contributed by atoms with Crippen LogP contribution >= 0.6 is 11.3 Å². The van der Waals surface area contributed by atoms with Gasteiger partial charge in [-0.1, -0.05) is 23.5 Å². The van der Waals surface area contributed by atoms with E-state index in [1.165, 1.54) is 29.2 Å². The molecule has 0 aliphatic heterocycles. The summed E-state index contributed by atoms with van der Waals surface area (Å²) in [5.41, 5.74) is 4.30. The highest BCUT2D eigenvalue weighted by Crippen LogP contribution is 2.26. The molecule has 0 saturated heterocycles. The Bertz CT molecular complexity index is 1300. The van der Waals surface area contributed by atoms with Gasteiger partial charge in [0.2, 0.25) is 5.13 Å². The number of aromatic hydroxyl groups is 1. The van der Waals surface area contributed by atoms with Gasteiger partial charge in [0.15, 0.2) is 11.5 Å². The van der Waals surface area contributed by atoms with E-state index in [9.17, 15) is 9.90 Å². The zero-order valence-corrected chi connectivity index (χ0v) is 17.1. The van der Waals surface area contributed by atoms with Gasteiger partial charge in [0.1, 0.15) is 10.8 Å². The number of ether oxygens (including phenoxy) is 1. The van der Waals surface area contributed by atoms with Crippen LogP contribution in [0.25, 0.3) is 10.9 Å². The quantitative estimate of drug-likeness (QED) is 0.459. The molecule has 0 spiro atoms. The van der Waals surface area contributed by atoms with E-state index < -0.39 is 0 Å². The van der Waals surface area contributed by atoms with Crippen LogP contribution in [0, 0.1) is 6.92 Å². The molecule has 30 heavy (non-hydrogen) atoms. The molecule has 2 N–H and O–H groups in total. The Hall–Kier alpha value is -3.79. The van der Waals surface area contributed by atoms with Gasteiger partial charge in [0, 0.05) is 6.21 Å². The molecule has 10 heteroatoms. The number of phenolic OH excluding ortho intramolecular Hbond substituents is 1.